The molecule has 0 radical (unpaired) electrons. The SMILES string of the molecule is Cn1c(N2CCCC(C(=O)N3CCOCC3)C2)nc(-c2ccncc2)cc1=O. The van der Waals surface area contributed by atoms with E-state index in [1.54, 1.807) is 30.1 Å². The molecule has 2 aromatic rings. The van der Waals surface area contributed by atoms with Crippen LogP contribution < -0.4 is 10.5 Å². The van der Waals surface area contributed by atoms with Gasteiger partial charge >= 0.3 is 0 Å². The van der Waals surface area contributed by atoms with Crippen LogP contribution in [0.3, 0.4) is 0 Å². The van der Waals surface area contributed by atoms with Gasteiger partial charge in [-0.1, -0.05) is 0 Å². The second-order valence-electron chi connectivity index (χ2n) is 7.30. The number of carbonyl (C=O) groups is 1. The van der Waals surface area contributed by atoms with Crippen molar-refractivity contribution in [1.29, 1.82) is 0 Å². The number of hydrogen-bond acceptors (Lipinski definition) is 6. The van der Waals surface area contributed by atoms with Crippen molar-refractivity contribution in [2.45, 2.75) is 12.8 Å². The maximum absolute atomic E-state index is 12.9. The molecule has 0 aromatic carbocycles. The largest absolute Gasteiger partial charge is 0.378 e. The van der Waals surface area contributed by atoms with Gasteiger partial charge in [0.25, 0.3) is 5.56 Å². The minimum Gasteiger partial charge on any atom is -0.378 e. The molecule has 0 N–H and O–H groups in total. The van der Waals surface area contributed by atoms with Gasteiger partial charge in [-0.3, -0.25) is 19.1 Å². The van der Waals surface area contributed by atoms with Crippen molar-refractivity contribution in [3.05, 3.63) is 40.9 Å². The van der Waals surface area contributed by atoms with Crippen LogP contribution in [0.4, 0.5) is 5.95 Å². The van der Waals surface area contributed by atoms with Gasteiger partial charge in [-0.2, -0.15) is 0 Å². The van der Waals surface area contributed by atoms with E-state index in [0.717, 1.165) is 24.9 Å². The quantitative estimate of drug-likeness (QED) is 0.784. The third-order valence-electron chi connectivity index (χ3n) is 5.46. The molecule has 2 fully saturated rings. The first-order valence-corrected chi connectivity index (χ1v) is 9.73. The molecule has 1 unspecified atom stereocenters. The molecule has 0 bridgehead atoms. The van der Waals surface area contributed by atoms with Gasteiger partial charge < -0.3 is 14.5 Å². The molecule has 2 aromatic heterocycles. The fourth-order valence-corrected chi connectivity index (χ4v) is 3.88. The number of nitrogens with zero attached hydrogens (tertiary/aromatic N) is 5. The van der Waals surface area contributed by atoms with E-state index in [2.05, 4.69) is 9.88 Å². The maximum atomic E-state index is 12.9. The highest BCUT2D eigenvalue weighted by molar-refractivity contribution is 5.79. The summed E-state index contributed by atoms with van der Waals surface area (Å²) < 4.78 is 6.92. The summed E-state index contributed by atoms with van der Waals surface area (Å²) in [5.41, 5.74) is 1.37. The maximum Gasteiger partial charge on any atom is 0.255 e. The second kappa shape index (κ2) is 8.10. The van der Waals surface area contributed by atoms with Gasteiger partial charge in [-0.05, 0) is 25.0 Å². The van der Waals surface area contributed by atoms with Gasteiger partial charge in [0.15, 0.2) is 0 Å². The predicted octanol–water partition coefficient (Wildman–Crippen LogP) is 0.917. The molecule has 0 saturated carbocycles. The average Bonchev–Trinajstić information content (AvgIpc) is 2.76. The molecule has 148 valence electrons. The molecule has 4 rings (SSSR count). The van der Waals surface area contributed by atoms with Crippen LogP contribution in [0.15, 0.2) is 35.4 Å². The molecule has 2 aliphatic heterocycles. The molecule has 8 heteroatoms. The van der Waals surface area contributed by atoms with E-state index < -0.39 is 0 Å². The van der Waals surface area contributed by atoms with Crippen molar-refractivity contribution in [3.8, 4) is 11.3 Å². The minimum atomic E-state index is -0.113. The van der Waals surface area contributed by atoms with Crippen LogP contribution in [0.25, 0.3) is 11.3 Å². The number of hydrogen-bond donors (Lipinski definition) is 0. The third-order valence-corrected chi connectivity index (χ3v) is 5.46. The lowest BCUT2D eigenvalue weighted by molar-refractivity contribution is -0.139. The average molecular weight is 383 g/mol. The first-order chi connectivity index (χ1) is 13.6. The van der Waals surface area contributed by atoms with Crippen molar-refractivity contribution in [1.82, 2.24) is 19.4 Å². The van der Waals surface area contributed by atoms with E-state index in [4.69, 9.17) is 9.72 Å². The topological polar surface area (TPSA) is 80.6 Å². The van der Waals surface area contributed by atoms with Crippen molar-refractivity contribution in [3.63, 3.8) is 0 Å². The molecular weight excluding hydrogens is 358 g/mol. The monoisotopic (exact) mass is 383 g/mol. The number of ether oxygens (including phenoxy) is 1. The lowest BCUT2D eigenvalue weighted by atomic mass is 9.96. The van der Waals surface area contributed by atoms with Crippen LogP contribution in [0, 0.1) is 5.92 Å². The molecule has 2 saturated heterocycles. The Kier molecular flexibility index (Phi) is 5.38. The third kappa shape index (κ3) is 3.77. The molecule has 8 nitrogen and oxygen atoms in total. The summed E-state index contributed by atoms with van der Waals surface area (Å²) in [6.07, 6.45) is 5.14. The summed E-state index contributed by atoms with van der Waals surface area (Å²) in [7, 11) is 1.73. The molecular formula is C20H25N5O3. The van der Waals surface area contributed by atoms with Gasteiger partial charge in [0.05, 0.1) is 24.8 Å². The zero-order valence-electron chi connectivity index (χ0n) is 16.1. The Balaban J connectivity index is 1.58. The molecule has 0 spiro atoms. The van der Waals surface area contributed by atoms with Crippen LogP contribution in [-0.2, 0) is 16.6 Å². The zero-order chi connectivity index (χ0) is 19.5. The summed E-state index contributed by atoms with van der Waals surface area (Å²) in [5.74, 6) is 0.718. The number of rotatable bonds is 3. The molecule has 28 heavy (non-hydrogen) atoms. The first kappa shape index (κ1) is 18.6. The standard InChI is InChI=1S/C20H25N5O3/c1-23-18(26)13-17(15-4-6-21-7-5-15)22-20(23)25-8-2-3-16(14-25)19(27)24-9-11-28-12-10-24/h4-7,13,16H,2-3,8-12,14H2,1H3. The minimum absolute atomic E-state index is 0.0756. The molecule has 2 aliphatic rings. The Hall–Kier alpha value is -2.74. The van der Waals surface area contributed by atoms with Crippen LogP contribution in [-0.4, -0.2) is 64.7 Å². The molecule has 0 aliphatic carbocycles. The first-order valence-electron chi connectivity index (χ1n) is 9.73. The smallest absolute Gasteiger partial charge is 0.255 e. The number of anilines is 1. The van der Waals surface area contributed by atoms with Gasteiger partial charge in [-0.15, -0.1) is 0 Å². The van der Waals surface area contributed by atoms with Crippen molar-refractivity contribution in [2.75, 3.05) is 44.3 Å². The predicted molar refractivity (Wildman–Crippen MR) is 105 cm³/mol. The number of piperidine rings is 1. The van der Waals surface area contributed by atoms with Crippen LogP contribution in [0.1, 0.15) is 12.8 Å². The Morgan fingerprint density at radius 3 is 2.68 bits per heavy atom. The van der Waals surface area contributed by atoms with Crippen molar-refractivity contribution >= 4 is 11.9 Å². The number of pyridine rings is 1. The fourth-order valence-electron chi connectivity index (χ4n) is 3.88. The number of aromatic nitrogens is 3. The Morgan fingerprint density at radius 2 is 1.93 bits per heavy atom. The Bertz CT molecular complexity index is 892. The lowest BCUT2D eigenvalue weighted by Gasteiger charge is -2.37. The summed E-state index contributed by atoms with van der Waals surface area (Å²) in [4.78, 5) is 38.2. The van der Waals surface area contributed by atoms with Gasteiger partial charge in [0.2, 0.25) is 11.9 Å². The zero-order valence-corrected chi connectivity index (χ0v) is 16.1. The number of carbonyl (C=O) groups excluding carboxylic acids is 1. The van der Waals surface area contributed by atoms with Crippen LogP contribution in [0.5, 0.6) is 0 Å². The van der Waals surface area contributed by atoms with E-state index in [0.29, 0.717) is 44.5 Å². The fraction of sp³-hybridized carbons (Fsp3) is 0.500. The number of amides is 1. The van der Waals surface area contributed by atoms with Crippen LogP contribution in [0.2, 0.25) is 0 Å². The van der Waals surface area contributed by atoms with E-state index in [1.807, 2.05) is 17.0 Å². The highest BCUT2D eigenvalue weighted by Crippen LogP contribution is 2.24. The van der Waals surface area contributed by atoms with Crippen molar-refractivity contribution in [2.24, 2.45) is 13.0 Å². The summed E-state index contributed by atoms with van der Waals surface area (Å²) in [5, 5.41) is 0. The highest BCUT2D eigenvalue weighted by Gasteiger charge is 2.31. The van der Waals surface area contributed by atoms with Gasteiger partial charge in [-0.25, -0.2) is 4.98 Å². The van der Waals surface area contributed by atoms with E-state index in [1.165, 1.54) is 0 Å². The van der Waals surface area contributed by atoms with Crippen molar-refractivity contribution < 1.29 is 9.53 Å². The normalized spacial score (nSPS) is 20.2. The van der Waals surface area contributed by atoms with Gasteiger partial charge in [0.1, 0.15) is 0 Å². The summed E-state index contributed by atoms with van der Waals surface area (Å²) in [6, 6.07) is 5.22. The second-order valence-corrected chi connectivity index (χ2v) is 7.30. The number of morpholine rings is 1. The van der Waals surface area contributed by atoms with Crippen LogP contribution >= 0.6 is 0 Å². The summed E-state index contributed by atoms with van der Waals surface area (Å²) >= 11 is 0. The van der Waals surface area contributed by atoms with E-state index >= 15 is 0 Å². The van der Waals surface area contributed by atoms with E-state index in [9.17, 15) is 9.59 Å². The van der Waals surface area contributed by atoms with Gasteiger partial charge in [0, 0.05) is 57.3 Å². The Morgan fingerprint density at radius 1 is 1.18 bits per heavy atom. The van der Waals surface area contributed by atoms with E-state index in [-0.39, 0.29) is 17.4 Å². The molecule has 1 atom stereocenters. The summed E-state index contributed by atoms with van der Waals surface area (Å²) in [6.45, 7) is 3.88. The Labute approximate surface area is 163 Å². The highest BCUT2D eigenvalue weighted by atomic mass is 16.5. The lowest BCUT2D eigenvalue weighted by Crippen LogP contribution is -2.49. The molecule has 4 heterocycles. The molecule has 1 amide bonds.